The van der Waals surface area contributed by atoms with E-state index in [1.165, 1.54) is 42.4 Å². The molecular formula is C41H72N2. The van der Waals surface area contributed by atoms with Gasteiger partial charge in [0.25, 0.3) is 0 Å². The average Bonchev–Trinajstić information content (AvgIpc) is 2.96. The van der Waals surface area contributed by atoms with Crippen molar-refractivity contribution in [2.75, 3.05) is 18.4 Å². The molecule has 0 heterocycles. The summed E-state index contributed by atoms with van der Waals surface area (Å²) in [5.74, 6) is 0. The van der Waals surface area contributed by atoms with Gasteiger partial charge >= 0.3 is 0 Å². The fourth-order valence-corrected chi connectivity index (χ4v) is 3.60. The number of unbranched alkanes of at least 4 members (excludes halogenated alkanes) is 1. The molecule has 0 aliphatic heterocycles. The van der Waals surface area contributed by atoms with Gasteiger partial charge in [0.1, 0.15) is 0 Å². The van der Waals surface area contributed by atoms with E-state index in [2.05, 4.69) is 122 Å². The van der Waals surface area contributed by atoms with Crippen LogP contribution in [0.25, 0.3) is 5.57 Å². The quantitative estimate of drug-likeness (QED) is 0.120. The lowest BCUT2D eigenvalue weighted by molar-refractivity contribution is 0.354. The Morgan fingerprint density at radius 1 is 0.884 bits per heavy atom. The number of nitrogens with one attached hydrogen (secondary N) is 2. The number of benzene rings is 1. The summed E-state index contributed by atoms with van der Waals surface area (Å²) < 4.78 is 0. The SMILES string of the molecule is C=C(C)C.C=CC(=C)CC(C)(CCCC)C(=C)Nc1ccc(/C(C)=C/C(=C)/C=C\C)cc1.CC.CCC.CCCNCC. The van der Waals surface area contributed by atoms with Crippen LogP contribution in [0, 0.1) is 5.41 Å². The third kappa shape index (κ3) is 29.0. The maximum Gasteiger partial charge on any atom is 0.0382 e. The van der Waals surface area contributed by atoms with E-state index in [0.717, 1.165) is 48.5 Å². The van der Waals surface area contributed by atoms with Crippen molar-refractivity contribution in [1.29, 1.82) is 0 Å². The highest BCUT2D eigenvalue weighted by Crippen LogP contribution is 2.38. The molecular weight excluding hydrogens is 520 g/mol. The molecule has 0 amide bonds. The molecule has 43 heavy (non-hydrogen) atoms. The molecule has 2 N–H and O–H groups in total. The lowest BCUT2D eigenvalue weighted by Crippen LogP contribution is -2.24. The molecule has 0 bridgehead atoms. The zero-order valence-electron chi connectivity index (χ0n) is 30.8. The summed E-state index contributed by atoms with van der Waals surface area (Å²) in [5, 5.41) is 6.73. The van der Waals surface area contributed by atoms with Gasteiger partial charge in [0.2, 0.25) is 0 Å². The van der Waals surface area contributed by atoms with Crippen LogP contribution < -0.4 is 10.6 Å². The van der Waals surface area contributed by atoms with Crippen LogP contribution in [0.5, 0.6) is 0 Å². The summed E-state index contributed by atoms with van der Waals surface area (Å²) in [6, 6.07) is 8.49. The van der Waals surface area contributed by atoms with E-state index in [0.29, 0.717) is 0 Å². The van der Waals surface area contributed by atoms with Gasteiger partial charge in [0, 0.05) is 16.8 Å². The Morgan fingerprint density at radius 2 is 1.40 bits per heavy atom. The molecule has 0 aliphatic carbocycles. The molecule has 1 atom stereocenters. The van der Waals surface area contributed by atoms with Gasteiger partial charge in [0.05, 0.1) is 0 Å². The van der Waals surface area contributed by atoms with Crippen molar-refractivity contribution in [3.63, 3.8) is 0 Å². The molecule has 1 aromatic rings. The van der Waals surface area contributed by atoms with E-state index in [-0.39, 0.29) is 5.41 Å². The van der Waals surface area contributed by atoms with E-state index in [9.17, 15) is 0 Å². The van der Waals surface area contributed by atoms with Gasteiger partial charge in [-0.15, -0.1) is 6.58 Å². The number of hydrogen-bond donors (Lipinski definition) is 2. The highest BCUT2D eigenvalue weighted by atomic mass is 14.9. The Labute approximate surface area is 271 Å². The first kappa shape index (κ1) is 47.1. The first-order valence-electron chi connectivity index (χ1n) is 16.5. The smallest absolute Gasteiger partial charge is 0.0382 e. The van der Waals surface area contributed by atoms with Crippen LogP contribution in [0.3, 0.4) is 0 Å². The summed E-state index contributed by atoms with van der Waals surface area (Å²) in [6.07, 6.45) is 14.7. The third-order valence-electron chi connectivity index (χ3n) is 5.81. The summed E-state index contributed by atoms with van der Waals surface area (Å²) in [5.41, 5.74) is 7.66. The fourth-order valence-electron chi connectivity index (χ4n) is 3.60. The van der Waals surface area contributed by atoms with Crippen LogP contribution >= 0.6 is 0 Å². The Balaban J connectivity index is -0.000000420. The van der Waals surface area contributed by atoms with E-state index < -0.39 is 0 Å². The summed E-state index contributed by atoms with van der Waals surface area (Å²) in [6.45, 7) is 47.3. The van der Waals surface area contributed by atoms with Crippen LogP contribution in [0.2, 0.25) is 0 Å². The second-order valence-corrected chi connectivity index (χ2v) is 11.1. The molecule has 246 valence electrons. The van der Waals surface area contributed by atoms with E-state index in [1.807, 2.05) is 52.8 Å². The minimum absolute atomic E-state index is 0.0417. The van der Waals surface area contributed by atoms with Gasteiger partial charge in [0.15, 0.2) is 0 Å². The molecule has 0 saturated carbocycles. The highest BCUT2D eigenvalue weighted by Gasteiger charge is 2.27. The number of allylic oxidation sites excluding steroid dienone is 9. The standard InChI is InChI=1S/C27H37N.C5H13N.C4H8.C3H8.C2H6/c1-9-12-18-27(8,20-21(4)11-3)24(7)28-26-16-14-25(15-17-26)23(6)19-22(5)13-10-2;1-3-5-6-4-2;1-4(2)3;1-3-2;1-2/h10-11,13-17,19,28H,3-5,7,9,12,18,20H2,1-2,6,8H3;6H,3-5H2,1-2H3;1H2,2-3H3;3H2,1-2H3;1-2H3/b13-10-,23-19+;;;;. The molecule has 1 aromatic carbocycles. The molecule has 0 saturated heterocycles. The predicted molar refractivity (Wildman–Crippen MR) is 205 cm³/mol. The minimum Gasteiger partial charge on any atom is -0.359 e. The van der Waals surface area contributed by atoms with Crippen molar-refractivity contribution in [3.8, 4) is 0 Å². The lowest BCUT2D eigenvalue weighted by Gasteiger charge is -2.33. The summed E-state index contributed by atoms with van der Waals surface area (Å²) in [7, 11) is 0. The highest BCUT2D eigenvalue weighted by molar-refractivity contribution is 5.69. The van der Waals surface area contributed by atoms with Gasteiger partial charge < -0.3 is 10.6 Å². The second kappa shape index (κ2) is 32.1. The van der Waals surface area contributed by atoms with Crippen LogP contribution in [-0.4, -0.2) is 13.1 Å². The van der Waals surface area contributed by atoms with Crippen LogP contribution in [0.15, 0.2) is 104 Å². The zero-order chi connectivity index (χ0) is 34.3. The topological polar surface area (TPSA) is 24.1 Å². The normalized spacial score (nSPS) is 11.4. The number of hydrogen-bond acceptors (Lipinski definition) is 2. The van der Waals surface area contributed by atoms with Gasteiger partial charge in [-0.1, -0.05) is 149 Å². The molecule has 0 aromatic heterocycles. The van der Waals surface area contributed by atoms with Crippen molar-refractivity contribution >= 4 is 11.3 Å². The molecule has 1 rings (SSSR count). The van der Waals surface area contributed by atoms with Crippen LogP contribution in [0.1, 0.15) is 127 Å². The Morgan fingerprint density at radius 3 is 1.77 bits per heavy atom. The van der Waals surface area contributed by atoms with Crippen molar-refractivity contribution in [2.24, 2.45) is 5.41 Å². The molecule has 2 nitrogen and oxygen atoms in total. The van der Waals surface area contributed by atoms with Gasteiger partial charge in [-0.2, -0.15) is 0 Å². The van der Waals surface area contributed by atoms with Crippen molar-refractivity contribution in [2.45, 2.75) is 122 Å². The predicted octanol–water partition coefficient (Wildman–Crippen LogP) is 13.5. The Bertz CT molecular complexity index is 919. The molecule has 1 unspecified atom stereocenters. The minimum atomic E-state index is -0.0417. The molecule has 0 spiro atoms. The molecule has 0 radical (unpaired) electrons. The van der Waals surface area contributed by atoms with Gasteiger partial charge in [-0.25, -0.2) is 0 Å². The number of rotatable bonds is 15. The van der Waals surface area contributed by atoms with E-state index in [4.69, 9.17) is 0 Å². The average molecular weight is 593 g/mol. The summed E-state index contributed by atoms with van der Waals surface area (Å²) in [4.78, 5) is 0. The molecule has 0 fully saturated rings. The molecule has 0 aliphatic rings. The Kier molecular flexibility index (Phi) is 35.1. The van der Waals surface area contributed by atoms with E-state index >= 15 is 0 Å². The largest absolute Gasteiger partial charge is 0.359 e. The monoisotopic (exact) mass is 593 g/mol. The van der Waals surface area contributed by atoms with Crippen LogP contribution in [-0.2, 0) is 0 Å². The number of anilines is 1. The zero-order valence-corrected chi connectivity index (χ0v) is 30.8. The summed E-state index contributed by atoms with van der Waals surface area (Å²) >= 11 is 0. The van der Waals surface area contributed by atoms with Crippen LogP contribution in [0.4, 0.5) is 5.69 Å². The van der Waals surface area contributed by atoms with Crippen molar-refractivity contribution < 1.29 is 0 Å². The third-order valence-corrected chi connectivity index (χ3v) is 5.81. The van der Waals surface area contributed by atoms with Crippen molar-refractivity contribution in [3.05, 3.63) is 109 Å². The fraction of sp³-hybridized carbons (Fsp3) is 0.512. The Hall–Kier alpha value is -2.84. The maximum absolute atomic E-state index is 4.36. The second-order valence-electron chi connectivity index (χ2n) is 11.1. The van der Waals surface area contributed by atoms with Gasteiger partial charge in [-0.3, -0.25) is 0 Å². The lowest BCUT2D eigenvalue weighted by atomic mass is 9.76. The van der Waals surface area contributed by atoms with E-state index in [1.54, 1.807) is 0 Å². The first-order valence-corrected chi connectivity index (χ1v) is 16.5. The first-order chi connectivity index (χ1) is 20.3. The van der Waals surface area contributed by atoms with Crippen molar-refractivity contribution in [1.82, 2.24) is 5.32 Å². The molecule has 2 heteroatoms. The maximum atomic E-state index is 4.36. The van der Waals surface area contributed by atoms with Gasteiger partial charge in [-0.05, 0) is 88.9 Å².